The van der Waals surface area contributed by atoms with Gasteiger partial charge in [0, 0.05) is 23.1 Å². The maximum Gasteiger partial charge on any atom is 0.194 e. The SMILES string of the molecule is COc1ccc(-c2nc3scc(C(C)C)n3c2CCN)cc1C. The van der Waals surface area contributed by atoms with Crippen LogP contribution in [0.4, 0.5) is 0 Å². The molecule has 0 aliphatic rings. The van der Waals surface area contributed by atoms with Crippen LogP contribution in [-0.4, -0.2) is 23.0 Å². The molecule has 2 heterocycles. The van der Waals surface area contributed by atoms with E-state index >= 15 is 0 Å². The van der Waals surface area contributed by atoms with E-state index in [1.54, 1.807) is 18.4 Å². The van der Waals surface area contributed by atoms with Crippen LogP contribution >= 0.6 is 11.3 Å². The lowest BCUT2D eigenvalue weighted by molar-refractivity contribution is 0.412. The van der Waals surface area contributed by atoms with Crippen molar-refractivity contribution in [3.63, 3.8) is 0 Å². The second kappa shape index (κ2) is 6.34. The van der Waals surface area contributed by atoms with Crippen molar-refractivity contribution in [1.29, 1.82) is 0 Å². The molecule has 23 heavy (non-hydrogen) atoms. The highest BCUT2D eigenvalue weighted by Crippen LogP contribution is 2.33. The third-order valence-electron chi connectivity index (χ3n) is 4.13. The maximum absolute atomic E-state index is 5.87. The Bertz CT molecular complexity index is 832. The van der Waals surface area contributed by atoms with Crippen LogP contribution in [0.5, 0.6) is 5.75 Å². The normalized spacial score (nSPS) is 11.6. The molecule has 0 saturated heterocycles. The van der Waals surface area contributed by atoms with E-state index in [4.69, 9.17) is 15.5 Å². The number of rotatable bonds is 5. The molecule has 3 aromatic rings. The van der Waals surface area contributed by atoms with E-state index in [1.165, 1.54) is 11.4 Å². The molecular weight excluding hydrogens is 306 g/mol. The summed E-state index contributed by atoms with van der Waals surface area (Å²) in [6.07, 6.45) is 0.817. The van der Waals surface area contributed by atoms with Crippen molar-refractivity contribution in [1.82, 2.24) is 9.38 Å². The van der Waals surface area contributed by atoms with Crippen molar-refractivity contribution >= 4 is 16.3 Å². The zero-order chi connectivity index (χ0) is 16.6. The van der Waals surface area contributed by atoms with Crippen LogP contribution in [0.25, 0.3) is 16.2 Å². The van der Waals surface area contributed by atoms with E-state index in [0.29, 0.717) is 12.5 Å². The van der Waals surface area contributed by atoms with E-state index in [9.17, 15) is 0 Å². The second-order valence-corrected chi connectivity index (χ2v) is 6.90. The minimum absolute atomic E-state index is 0.458. The number of nitrogens with two attached hydrogens (primary N) is 1. The van der Waals surface area contributed by atoms with Gasteiger partial charge in [0.25, 0.3) is 0 Å². The second-order valence-electron chi connectivity index (χ2n) is 6.06. The van der Waals surface area contributed by atoms with Gasteiger partial charge in [-0.1, -0.05) is 13.8 Å². The number of hydrogen-bond donors (Lipinski definition) is 1. The molecule has 0 unspecified atom stereocenters. The molecule has 1 aromatic carbocycles. The number of aryl methyl sites for hydroxylation is 1. The van der Waals surface area contributed by atoms with Crippen LogP contribution in [-0.2, 0) is 6.42 Å². The Balaban J connectivity index is 2.20. The van der Waals surface area contributed by atoms with Crippen molar-refractivity contribution in [3.8, 4) is 17.0 Å². The Morgan fingerprint density at radius 3 is 2.74 bits per heavy atom. The zero-order valence-electron chi connectivity index (χ0n) is 14.1. The zero-order valence-corrected chi connectivity index (χ0v) is 14.9. The molecule has 0 spiro atoms. The number of methoxy groups -OCH3 is 1. The topological polar surface area (TPSA) is 52.5 Å². The van der Waals surface area contributed by atoms with E-state index < -0.39 is 0 Å². The molecule has 0 atom stereocenters. The third kappa shape index (κ3) is 2.75. The average molecular weight is 329 g/mol. The van der Waals surface area contributed by atoms with Crippen LogP contribution < -0.4 is 10.5 Å². The van der Waals surface area contributed by atoms with Crippen LogP contribution in [0.15, 0.2) is 23.6 Å². The van der Waals surface area contributed by atoms with Gasteiger partial charge in [0.05, 0.1) is 18.5 Å². The highest BCUT2D eigenvalue weighted by molar-refractivity contribution is 7.15. The number of nitrogens with zero attached hydrogens (tertiary/aromatic N) is 2. The predicted molar refractivity (Wildman–Crippen MR) is 96.6 cm³/mol. The summed E-state index contributed by atoms with van der Waals surface area (Å²) in [6.45, 7) is 7.10. The van der Waals surface area contributed by atoms with Gasteiger partial charge >= 0.3 is 0 Å². The largest absolute Gasteiger partial charge is 0.496 e. The van der Waals surface area contributed by atoms with E-state index in [1.807, 2.05) is 6.07 Å². The standard InChI is InChI=1S/C18H23N3OS/c1-11(2)15-10-23-18-20-17(14(7-8-19)21(15)18)13-5-6-16(22-4)12(3)9-13/h5-6,9-11H,7-8,19H2,1-4H3. The van der Waals surface area contributed by atoms with Crippen LogP contribution in [0, 0.1) is 6.92 Å². The summed E-state index contributed by atoms with van der Waals surface area (Å²) in [6, 6.07) is 6.22. The molecule has 3 rings (SSSR count). The summed E-state index contributed by atoms with van der Waals surface area (Å²) < 4.78 is 7.65. The van der Waals surface area contributed by atoms with Gasteiger partial charge < -0.3 is 10.5 Å². The monoisotopic (exact) mass is 329 g/mol. The van der Waals surface area contributed by atoms with Gasteiger partial charge in [-0.15, -0.1) is 11.3 Å². The summed E-state index contributed by atoms with van der Waals surface area (Å²) >= 11 is 1.70. The number of aromatic nitrogens is 2. The lowest BCUT2D eigenvalue weighted by Crippen LogP contribution is -2.08. The smallest absolute Gasteiger partial charge is 0.194 e. The Labute approximate surface area is 140 Å². The van der Waals surface area contributed by atoms with Gasteiger partial charge in [-0.3, -0.25) is 4.40 Å². The summed E-state index contributed by atoms with van der Waals surface area (Å²) in [5.74, 6) is 1.36. The molecule has 0 saturated carbocycles. The Kier molecular flexibility index (Phi) is 4.41. The third-order valence-corrected chi connectivity index (χ3v) is 4.97. The molecule has 0 fully saturated rings. The molecule has 0 aliphatic heterocycles. The molecule has 0 bridgehead atoms. The minimum atomic E-state index is 0.458. The van der Waals surface area contributed by atoms with Crippen LogP contribution in [0.2, 0.25) is 0 Å². The molecule has 4 nitrogen and oxygen atoms in total. The first-order valence-electron chi connectivity index (χ1n) is 7.90. The summed E-state index contributed by atoms with van der Waals surface area (Å²) in [4.78, 5) is 5.93. The number of hydrogen-bond acceptors (Lipinski definition) is 4. The number of ether oxygens (including phenoxy) is 1. The average Bonchev–Trinajstić information content (AvgIpc) is 3.07. The minimum Gasteiger partial charge on any atom is -0.496 e. The van der Waals surface area contributed by atoms with Crippen molar-refractivity contribution in [2.75, 3.05) is 13.7 Å². The quantitative estimate of drug-likeness (QED) is 0.769. The number of benzene rings is 1. The van der Waals surface area contributed by atoms with Crippen molar-refractivity contribution < 1.29 is 4.74 Å². The van der Waals surface area contributed by atoms with E-state index in [-0.39, 0.29) is 0 Å². The summed E-state index contributed by atoms with van der Waals surface area (Å²) in [7, 11) is 1.70. The Morgan fingerprint density at radius 1 is 1.35 bits per heavy atom. The summed E-state index contributed by atoms with van der Waals surface area (Å²) in [5, 5.41) is 2.20. The molecule has 0 amide bonds. The van der Waals surface area contributed by atoms with Gasteiger partial charge in [-0.05, 0) is 43.1 Å². The van der Waals surface area contributed by atoms with Gasteiger partial charge in [-0.25, -0.2) is 4.98 Å². The Hall–Kier alpha value is -1.85. The molecule has 5 heteroatoms. The molecule has 2 aromatic heterocycles. The highest BCUT2D eigenvalue weighted by Gasteiger charge is 2.19. The van der Waals surface area contributed by atoms with Crippen molar-refractivity contribution in [3.05, 3.63) is 40.5 Å². The summed E-state index contributed by atoms with van der Waals surface area (Å²) in [5.41, 5.74) is 11.7. The molecule has 0 aliphatic carbocycles. The van der Waals surface area contributed by atoms with Gasteiger partial charge in [0.15, 0.2) is 4.96 Å². The first-order valence-corrected chi connectivity index (χ1v) is 8.78. The van der Waals surface area contributed by atoms with Crippen molar-refractivity contribution in [2.45, 2.75) is 33.1 Å². The Morgan fingerprint density at radius 2 is 2.13 bits per heavy atom. The van der Waals surface area contributed by atoms with Crippen LogP contribution in [0.1, 0.15) is 36.7 Å². The number of fused-ring (bicyclic) bond motifs is 1. The number of thiazole rings is 1. The first-order chi connectivity index (χ1) is 11.1. The van der Waals surface area contributed by atoms with Gasteiger partial charge in [0.2, 0.25) is 0 Å². The molecular formula is C18H23N3OS. The highest BCUT2D eigenvalue weighted by atomic mass is 32.1. The maximum atomic E-state index is 5.87. The number of imidazole rings is 1. The molecule has 2 N–H and O–H groups in total. The van der Waals surface area contributed by atoms with E-state index in [2.05, 4.69) is 42.7 Å². The van der Waals surface area contributed by atoms with E-state index in [0.717, 1.165) is 34.0 Å². The lowest BCUT2D eigenvalue weighted by Gasteiger charge is -2.10. The van der Waals surface area contributed by atoms with Gasteiger partial charge in [-0.2, -0.15) is 0 Å². The fourth-order valence-electron chi connectivity index (χ4n) is 2.96. The predicted octanol–water partition coefficient (Wildman–Crippen LogP) is 4.00. The fraction of sp³-hybridized carbons (Fsp3) is 0.389. The van der Waals surface area contributed by atoms with Gasteiger partial charge in [0.1, 0.15) is 5.75 Å². The molecule has 122 valence electrons. The lowest BCUT2D eigenvalue weighted by atomic mass is 10.0. The molecule has 0 radical (unpaired) electrons. The van der Waals surface area contributed by atoms with Crippen LogP contribution in [0.3, 0.4) is 0 Å². The first kappa shape index (κ1) is 16.0. The fourth-order valence-corrected chi connectivity index (χ4v) is 4.03. The van der Waals surface area contributed by atoms with Crippen molar-refractivity contribution in [2.24, 2.45) is 5.73 Å².